The molecule has 0 aliphatic carbocycles. The van der Waals surface area contributed by atoms with E-state index in [2.05, 4.69) is 5.32 Å². The van der Waals surface area contributed by atoms with Gasteiger partial charge in [0.1, 0.15) is 0 Å². The van der Waals surface area contributed by atoms with Gasteiger partial charge in [0.05, 0.1) is 6.54 Å². The second-order valence-corrected chi connectivity index (χ2v) is 2.92. The Balaban J connectivity index is 2.21. The van der Waals surface area contributed by atoms with Gasteiger partial charge in [0.25, 0.3) is 6.43 Å². The fourth-order valence-electron chi connectivity index (χ4n) is 1.43. The lowest BCUT2D eigenvalue weighted by Gasteiger charge is -2.14. The molecule has 1 aliphatic rings. The van der Waals surface area contributed by atoms with Crippen molar-refractivity contribution >= 4 is 6.41 Å². The minimum Gasteiger partial charge on any atom is -0.355 e. The third-order valence-corrected chi connectivity index (χ3v) is 1.97. The van der Waals surface area contributed by atoms with Crippen LogP contribution < -0.4 is 5.32 Å². The number of nitrogens with zero attached hydrogens (tertiary/aromatic N) is 1. The predicted octanol–water partition coefficient (Wildman–Crippen LogP) is 0.0718. The summed E-state index contributed by atoms with van der Waals surface area (Å²) in [5.74, 6) is 0. The van der Waals surface area contributed by atoms with Gasteiger partial charge in [-0.1, -0.05) is 0 Å². The smallest absolute Gasteiger partial charge is 0.251 e. The van der Waals surface area contributed by atoms with Gasteiger partial charge in [-0.2, -0.15) is 0 Å². The van der Waals surface area contributed by atoms with Gasteiger partial charge >= 0.3 is 0 Å². The highest BCUT2D eigenvalue weighted by Crippen LogP contribution is 2.10. The third-order valence-electron chi connectivity index (χ3n) is 1.97. The monoisotopic (exact) mass is 178 g/mol. The molecule has 0 aromatic rings. The first-order valence-electron chi connectivity index (χ1n) is 3.92. The van der Waals surface area contributed by atoms with Gasteiger partial charge in [0.2, 0.25) is 6.41 Å². The molecule has 0 aromatic heterocycles. The number of carbonyl (C=O) groups is 1. The minimum absolute atomic E-state index is 0.0567. The molecule has 0 radical (unpaired) electrons. The van der Waals surface area contributed by atoms with Gasteiger partial charge in [0, 0.05) is 19.1 Å². The molecule has 5 heteroatoms. The Kier molecular flexibility index (Phi) is 3.40. The van der Waals surface area contributed by atoms with Crippen LogP contribution in [0.25, 0.3) is 0 Å². The molecule has 3 nitrogen and oxygen atoms in total. The quantitative estimate of drug-likeness (QED) is 0.618. The first-order valence-corrected chi connectivity index (χ1v) is 3.92. The molecule has 1 N–H and O–H groups in total. The highest BCUT2D eigenvalue weighted by molar-refractivity contribution is 5.46. The zero-order valence-electron chi connectivity index (χ0n) is 6.67. The Hall–Kier alpha value is -0.710. The molecule has 12 heavy (non-hydrogen) atoms. The van der Waals surface area contributed by atoms with Crippen molar-refractivity contribution < 1.29 is 13.6 Å². The summed E-state index contributed by atoms with van der Waals surface area (Å²) in [5.41, 5.74) is 0. The van der Waals surface area contributed by atoms with Crippen LogP contribution in [0, 0.1) is 0 Å². The van der Waals surface area contributed by atoms with E-state index in [4.69, 9.17) is 0 Å². The Morgan fingerprint density at radius 3 is 3.00 bits per heavy atom. The molecule has 0 spiro atoms. The third kappa shape index (κ3) is 2.73. The summed E-state index contributed by atoms with van der Waals surface area (Å²) < 4.78 is 23.7. The van der Waals surface area contributed by atoms with E-state index in [1.165, 1.54) is 0 Å². The topological polar surface area (TPSA) is 32.3 Å². The lowest BCUT2D eigenvalue weighted by Crippen LogP contribution is -2.33. The van der Waals surface area contributed by atoms with E-state index >= 15 is 0 Å². The summed E-state index contributed by atoms with van der Waals surface area (Å²) in [6.45, 7) is 1.01. The number of carbonyl (C=O) groups excluding carboxylic acids is 1. The van der Waals surface area contributed by atoms with Crippen LogP contribution in [0.4, 0.5) is 8.78 Å². The number of hydrogen-bond acceptors (Lipinski definition) is 2. The predicted molar refractivity (Wildman–Crippen MR) is 40.0 cm³/mol. The highest BCUT2D eigenvalue weighted by atomic mass is 19.3. The summed E-state index contributed by atoms with van der Waals surface area (Å²) >= 11 is 0. The second-order valence-electron chi connectivity index (χ2n) is 2.92. The molecule has 1 amide bonds. The fraction of sp³-hybridized carbons (Fsp3) is 0.857. The number of hydrogen-bond donors (Lipinski definition) is 1. The van der Waals surface area contributed by atoms with Gasteiger partial charge < -0.3 is 5.32 Å². The largest absolute Gasteiger partial charge is 0.355 e. The molecular weight excluding hydrogens is 166 g/mol. The summed E-state index contributed by atoms with van der Waals surface area (Å²) in [6.07, 6.45) is -0.887. The van der Waals surface area contributed by atoms with E-state index in [1.54, 1.807) is 4.90 Å². The molecule has 1 saturated heterocycles. The molecule has 1 fully saturated rings. The van der Waals surface area contributed by atoms with Crippen LogP contribution in [0.15, 0.2) is 0 Å². The number of nitrogens with one attached hydrogen (secondary N) is 1. The lowest BCUT2D eigenvalue weighted by molar-refractivity contribution is -0.110. The molecular formula is C7H12F2N2O. The second kappa shape index (κ2) is 4.35. The maximum absolute atomic E-state index is 11.9. The molecule has 1 aliphatic heterocycles. The number of amides is 1. The number of rotatable bonds is 4. The Morgan fingerprint density at radius 1 is 1.67 bits per heavy atom. The van der Waals surface area contributed by atoms with Crippen molar-refractivity contribution in [1.82, 2.24) is 10.2 Å². The number of halogens is 2. The van der Waals surface area contributed by atoms with E-state index in [9.17, 15) is 13.6 Å². The summed E-state index contributed by atoms with van der Waals surface area (Å²) in [4.78, 5) is 11.7. The number of likely N-dealkylation sites (tertiary alicyclic amines) is 1. The van der Waals surface area contributed by atoms with Gasteiger partial charge in [-0.3, -0.25) is 9.69 Å². The normalized spacial score (nSPS) is 24.8. The zero-order valence-corrected chi connectivity index (χ0v) is 6.67. The van der Waals surface area contributed by atoms with E-state index in [-0.39, 0.29) is 12.6 Å². The van der Waals surface area contributed by atoms with Crippen molar-refractivity contribution in [2.75, 3.05) is 19.6 Å². The van der Waals surface area contributed by atoms with Gasteiger partial charge in [0.15, 0.2) is 0 Å². The van der Waals surface area contributed by atoms with E-state index in [1.807, 2.05) is 0 Å². The van der Waals surface area contributed by atoms with Crippen LogP contribution in [-0.2, 0) is 4.79 Å². The molecule has 1 heterocycles. The van der Waals surface area contributed by atoms with Crippen LogP contribution in [-0.4, -0.2) is 43.4 Å². The van der Waals surface area contributed by atoms with Crippen LogP contribution in [0.3, 0.4) is 0 Å². The SMILES string of the molecule is O=CNC1CCN(CC(F)F)C1. The Labute approximate surface area is 69.7 Å². The first kappa shape index (κ1) is 9.38. The van der Waals surface area contributed by atoms with Crippen molar-refractivity contribution in [3.05, 3.63) is 0 Å². The highest BCUT2D eigenvalue weighted by Gasteiger charge is 2.23. The van der Waals surface area contributed by atoms with E-state index < -0.39 is 6.43 Å². The fourth-order valence-corrected chi connectivity index (χ4v) is 1.43. The molecule has 0 bridgehead atoms. The molecule has 0 aromatic carbocycles. The van der Waals surface area contributed by atoms with Gasteiger partial charge in [-0.05, 0) is 6.42 Å². The van der Waals surface area contributed by atoms with Gasteiger partial charge in [-0.15, -0.1) is 0 Å². The maximum atomic E-state index is 11.9. The van der Waals surface area contributed by atoms with Crippen molar-refractivity contribution in [3.8, 4) is 0 Å². The first-order chi connectivity index (χ1) is 5.72. The summed E-state index contributed by atoms with van der Waals surface area (Å²) in [7, 11) is 0. The van der Waals surface area contributed by atoms with Crippen molar-refractivity contribution in [1.29, 1.82) is 0 Å². The van der Waals surface area contributed by atoms with E-state index in [0.29, 0.717) is 19.5 Å². The van der Waals surface area contributed by atoms with Gasteiger partial charge in [-0.25, -0.2) is 8.78 Å². The average Bonchev–Trinajstić information content (AvgIpc) is 2.36. The Bertz CT molecular complexity index is 154. The van der Waals surface area contributed by atoms with Crippen molar-refractivity contribution in [2.24, 2.45) is 0 Å². The maximum Gasteiger partial charge on any atom is 0.251 e. The van der Waals surface area contributed by atoms with Crippen molar-refractivity contribution in [3.63, 3.8) is 0 Å². The molecule has 0 saturated carbocycles. The lowest BCUT2D eigenvalue weighted by atomic mass is 10.3. The van der Waals surface area contributed by atoms with Crippen LogP contribution >= 0.6 is 0 Å². The van der Waals surface area contributed by atoms with E-state index in [0.717, 1.165) is 6.42 Å². The zero-order chi connectivity index (χ0) is 8.97. The number of alkyl halides is 2. The molecule has 1 atom stereocenters. The average molecular weight is 178 g/mol. The Morgan fingerprint density at radius 2 is 2.42 bits per heavy atom. The van der Waals surface area contributed by atoms with Crippen LogP contribution in [0.5, 0.6) is 0 Å². The van der Waals surface area contributed by atoms with Crippen LogP contribution in [0.1, 0.15) is 6.42 Å². The minimum atomic E-state index is -2.28. The molecule has 1 unspecified atom stereocenters. The summed E-state index contributed by atoms with van der Waals surface area (Å²) in [5, 5.41) is 2.58. The van der Waals surface area contributed by atoms with Crippen LogP contribution in [0.2, 0.25) is 0 Å². The standard InChI is InChI=1S/C7H12F2N2O/c8-7(9)4-11-2-1-6(3-11)10-5-12/h5-7H,1-4H2,(H,10,12). The molecule has 70 valence electrons. The molecule has 1 rings (SSSR count). The van der Waals surface area contributed by atoms with Crippen molar-refractivity contribution in [2.45, 2.75) is 18.9 Å². The summed E-state index contributed by atoms with van der Waals surface area (Å²) in [6, 6.07) is 0.0567.